The fraction of sp³-hybridized carbons (Fsp3) is 0.238. The normalized spacial score (nSPS) is 15.9. The van der Waals surface area contributed by atoms with Gasteiger partial charge >= 0.3 is 0 Å². The Labute approximate surface area is 152 Å². The molecule has 0 fully saturated rings. The van der Waals surface area contributed by atoms with Crippen molar-refractivity contribution < 1.29 is 9.59 Å². The molecule has 2 N–H and O–H groups in total. The molecule has 1 aliphatic rings. The number of benzene rings is 2. The summed E-state index contributed by atoms with van der Waals surface area (Å²) in [5.41, 5.74) is 4.16. The van der Waals surface area contributed by atoms with Crippen molar-refractivity contribution in [1.29, 1.82) is 0 Å². The van der Waals surface area contributed by atoms with Crippen molar-refractivity contribution in [3.05, 3.63) is 65.9 Å². The van der Waals surface area contributed by atoms with Gasteiger partial charge in [0.15, 0.2) is 0 Å². The van der Waals surface area contributed by atoms with E-state index in [9.17, 15) is 9.59 Å². The van der Waals surface area contributed by atoms with Crippen molar-refractivity contribution in [3.63, 3.8) is 0 Å². The van der Waals surface area contributed by atoms with Gasteiger partial charge in [-0.1, -0.05) is 36.4 Å². The van der Waals surface area contributed by atoms with Crippen LogP contribution in [0.25, 0.3) is 10.9 Å². The summed E-state index contributed by atoms with van der Waals surface area (Å²) in [6.07, 6.45) is 3.30. The van der Waals surface area contributed by atoms with E-state index < -0.39 is 6.04 Å². The molecule has 5 heteroatoms. The van der Waals surface area contributed by atoms with Crippen LogP contribution in [-0.4, -0.2) is 29.4 Å². The highest BCUT2D eigenvalue weighted by Crippen LogP contribution is 2.32. The predicted octanol–water partition coefficient (Wildman–Crippen LogP) is 2.80. The second kappa shape index (κ2) is 6.67. The molecule has 5 nitrogen and oxygen atoms in total. The molecule has 132 valence electrons. The quantitative estimate of drug-likeness (QED) is 0.762. The van der Waals surface area contributed by atoms with Crippen LogP contribution in [0, 0.1) is 0 Å². The Morgan fingerprint density at radius 1 is 1.15 bits per heavy atom. The van der Waals surface area contributed by atoms with E-state index in [0.717, 1.165) is 23.2 Å². The Hall–Kier alpha value is -3.08. The largest absolute Gasteiger partial charge is 0.361 e. The molecule has 2 amide bonds. The van der Waals surface area contributed by atoms with E-state index in [2.05, 4.69) is 16.4 Å². The summed E-state index contributed by atoms with van der Waals surface area (Å²) in [5.74, 6) is -0.206. The van der Waals surface area contributed by atoms with Gasteiger partial charge < -0.3 is 10.3 Å². The van der Waals surface area contributed by atoms with E-state index in [-0.39, 0.29) is 11.8 Å². The molecule has 4 rings (SSSR count). The van der Waals surface area contributed by atoms with Crippen LogP contribution in [0.2, 0.25) is 0 Å². The number of amides is 2. The maximum Gasteiger partial charge on any atom is 0.243 e. The van der Waals surface area contributed by atoms with Crippen molar-refractivity contribution in [1.82, 2.24) is 10.3 Å². The van der Waals surface area contributed by atoms with Gasteiger partial charge in [0.25, 0.3) is 0 Å². The first-order valence-electron chi connectivity index (χ1n) is 8.85. The molecule has 0 unspecified atom stereocenters. The lowest BCUT2D eigenvalue weighted by Gasteiger charge is -2.23. The summed E-state index contributed by atoms with van der Waals surface area (Å²) < 4.78 is 0. The molecule has 0 radical (unpaired) electrons. The topological polar surface area (TPSA) is 65.2 Å². The maximum absolute atomic E-state index is 12.7. The molecule has 26 heavy (non-hydrogen) atoms. The average Bonchev–Trinajstić information content (AvgIpc) is 3.23. The van der Waals surface area contributed by atoms with E-state index >= 15 is 0 Å². The van der Waals surface area contributed by atoms with Gasteiger partial charge in [-0.3, -0.25) is 14.5 Å². The molecule has 2 aromatic carbocycles. The maximum atomic E-state index is 12.7. The monoisotopic (exact) mass is 347 g/mol. The predicted molar refractivity (Wildman–Crippen MR) is 102 cm³/mol. The van der Waals surface area contributed by atoms with E-state index in [4.69, 9.17) is 0 Å². The standard InChI is InChI=1S/C21H21N3O2/c1-14(25)24-19-9-5-2-6-15(19)12-20(24)21(26)22-11-10-16-13-23-18-8-4-3-7-17(16)18/h2-9,13,20,23H,10-12H2,1H3,(H,22,26)/t20-/m0/s1. The number of H-pyrrole nitrogens is 1. The zero-order valence-corrected chi connectivity index (χ0v) is 14.7. The SMILES string of the molecule is CC(=O)N1c2ccccc2C[C@H]1C(=O)NCCc1c[nH]c2ccccc12. The van der Waals surface area contributed by atoms with Crippen molar-refractivity contribution in [2.75, 3.05) is 11.4 Å². The molecule has 1 aliphatic heterocycles. The van der Waals surface area contributed by atoms with Crippen LogP contribution in [0.15, 0.2) is 54.7 Å². The van der Waals surface area contributed by atoms with Gasteiger partial charge in [-0.05, 0) is 29.7 Å². The van der Waals surface area contributed by atoms with Crippen molar-refractivity contribution in [2.24, 2.45) is 0 Å². The van der Waals surface area contributed by atoms with Gasteiger partial charge in [-0.2, -0.15) is 0 Å². The summed E-state index contributed by atoms with van der Waals surface area (Å²) in [7, 11) is 0. The highest BCUT2D eigenvalue weighted by molar-refractivity contribution is 6.02. The number of anilines is 1. The van der Waals surface area contributed by atoms with Crippen LogP contribution >= 0.6 is 0 Å². The minimum absolute atomic E-state index is 0.101. The van der Waals surface area contributed by atoms with Crippen LogP contribution in [0.1, 0.15) is 18.1 Å². The third-order valence-corrected chi connectivity index (χ3v) is 4.99. The van der Waals surface area contributed by atoms with E-state index in [0.29, 0.717) is 13.0 Å². The van der Waals surface area contributed by atoms with E-state index in [1.54, 1.807) is 4.90 Å². The summed E-state index contributed by atoms with van der Waals surface area (Å²) in [4.78, 5) is 29.6. The lowest BCUT2D eigenvalue weighted by atomic mass is 10.1. The van der Waals surface area contributed by atoms with Crippen LogP contribution in [0.3, 0.4) is 0 Å². The number of nitrogens with one attached hydrogen (secondary N) is 2. The number of aromatic amines is 1. The zero-order valence-electron chi connectivity index (χ0n) is 14.7. The molecule has 0 spiro atoms. The van der Waals surface area contributed by atoms with Gasteiger partial charge in [0.2, 0.25) is 11.8 Å². The molecule has 2 heterocycles. The number of hydrogen-bond donors (Lipinski definition) is 2. The van der Waals surface area contributed by atoms with Gasteiger partial charge in [0.05, 0.1) is 0 Å². The molecule has 1 aromatic heterocycles. The van der Waals surface area contributed by atoms with Crippen molar-refractivity contribution in [2.45, 2.75) is 25.8 Å². The zero-order chi connectivity index (χ0) is 18.1. The highest BCUT2D eigenvalue weighted by atomic mass is 16.2. The fourth-order valence-corrected chi connectivity index (χ4v) is 3.76. The molecule has 1 atom stereocenters. The number of carbonyl (C=O) groups excluding carboxylic acids is 2. The summed E-state index contributed by atoms with van der Waals surface area (Å²) in [6.45, 7) is 2.05. The van der Waals surface area contributed by atoms with Crippen LogP contribution < -0.4 is 10.2 Å². The molecule has 0 saturated carbocycles. The van der Waals surface area contributed by atoms with Crippen molar-refractivity contribution in [3.8, 4) is 0 Å². The Morgan fingerprint density at radius 2 is 1.92 bits per heavy atom. The number of carbonyl (C=O) groups is 2. The van der Waals surface area contributed by atoms with E-state index in [1.807, 2.05) is 48.7 Å². The summed E-state index contributed by atoms with van der Waals surface area (Å²) in [6, 6.07) is 15.4. The first-order valence-corrected chi connectivity index (χ1v) is 8.85. The lowest BCUT2D eigenvalue weighted by Crippen LogP contribution is -2.47. The Bertz CT molecular complexity index is 976. The third-order valence-electron chi connectivity index (χ3n) is 4.99. The third kappa shape index (κ3) is 2.86. The first kappa shape index (κ1) is 16.4. The van der Waals surface area contributed by atoms with Crippen molar-refractivity contribution >= 4 is 28.4 Å². The van der Waals surface area contributed by atoms with Gasteiger partial charge in [0, 0.05) is 42.7 Å². The fourth-order valence-electron chi connectivity index (χ4n) is 3.76. The molecule has 3 aromatic rings. The molecule has 0 aliphatic carbocycles. The average molecular weight is 347 g/mol. The Morgan fingerprint density at radius 3 is 2.77 bits per heavy atom. The molecular weight excluding hydrogens is 326 g/mol. The lowest BCUT2D eigenvalue weighted by molar-refractivity contribution is -0.125. The summed E-state index contributed by atoms with van der Waals surface area (Å²) in [5, 5.41) is 4.18. The minimum atomic E-state index is -0.465. The second-order valence-electron chi connectivity index (χ2n) is 6.64. The van der Waals surface area contributed by atoms with Gasteiger partial charge in [-0.25, -0.2) is 0 Å². The Kier molecular flexibility index (Phi) is 4.21. The Balaban J connectivity index is 1.43. The van der Waals surface area contributed by atoms with Gasteiger partial charge in [0.1, 0.15) is 6.04 Å². The van der Waals surface area contributed by atoms with Crippen LogP contribution in [0.4, 0.5) is 5.69 Å². The number of para-hydroxylation sites is 2. The second-order valence-corrected chi connectivity index (χ2v) is 6.64. The molecule has 0 bridgehead atoms. The number of hydrogen-bond acceptors (Lipinski definition) is 2. The van der Waals surface area contributed by atoms with E-state index in [1.165, 1.54) is 17.9 Å². The molecular formula is C21H21N3O2. The van der Waals surface area contributed by atoms with Crippen LogP contribution in [0.5, 0.6) is 0 Å². The molecule has 0 saturated heterocycles. The number of nitrogens with zero attached hydrogens (tertiary/aromatic N) is 1. The first-order chi connectivity index (χ1) is 12.6. The highest BCUT2D eigenvalue weighted by Gasteiger charge is 2.36. The number of rotatable bonds is 4. The smallest absolute Gasteiger partial charge is 0.243 e. The number of fused-ring (bicyclic) bond motifs is 2. The van der Waals surface area contributed by atoms with Gasteiger partial charge in [-0.15, -0.1) is 0 Å². The number of aromatic nitrogens is 1. The van der Waals surface area contributed by atoms with Crippen LogP contribution in [-0.2, 0) is 22.4 Å². The minimum Gasteiger partial charge on any atom is -0.361 e. The summed E-state index contributed by atoms with van der Waals surface area (Å²) >= 11 is 0.